The molecule has 0 bridgehead atoms. The Labute approximate surface area is 150 Å². The van der Waals surface area contributed by atoms with E-state index in [9.17, 15) is 0 Å². The lowest BCUT2D eigenvalue weighted by atomic mass is 10.2. The first-order valence-electron chi connectivity index (χ1n) is 8.02. The zero-order valence-corrected chi connectivity index (χ0v) is 14.9. The summed E-state index contributed by atoms with van der Waals surface area (Å²) in [7, 11) is 0. The van der Waals surface area contributed by atoms with E-state index in [1.165, 1.54) is 28.3 Å². The molecular weight excluding hydrogens is 334 g/mol. The zero-order chi connectivity index (χ0) is 17.4. The van der Waals surface area contributed by atoms with Crippen LogP contribution >= 0.6 is 11.3 Å². The fourth-order valence-electron chi connectivity index (χ4n) is 3.11. The molecule has 0 aliphatic carbocycles. The van der Waals surface area contributed by atoms with E-state index in [0.29, 0.717) is 13.2 Å². The number of aryl methyl sites for hydroxylation is 1. The first-order chi connectivity index (χ1) is 12.2. The number of benzene rings is 1. The smallest absolute Gasteiger partial charge is 0.231 e. The average Bonchev–Trinajstić information content (AvgIpc) is 3.30. The van der Waals surface area contributed by atoms with Crippen molar-refractivity contribution in [2.75, 3.05) is 6.79 Å². The van der Waals surface area contributed by atoms with Gasteiger partial charge in [0.25, 0.3) is 0 Å². The Morgan fingerprint density at radius 3 is 2.92 bits per heavy atom. The van der Waals surface area contributed by atoms with Gasteiger partial charge in [-0.25, -0.2) is 4.98 Å². The molecule has 0 amide bonds. The molecule has 6 heteroatoms. The number of nitrogens with zero attached hydrogens (tertiary/aromatic N) is 3. The largest absolute Gasteiger partial charge is 0.454 e. The Bertz CT molecular complexity index is 981. The number of hydrogen-bond acceptors (Lipinski definition) is 5. The third-order valence-corrected chi connectivity index (χ3v) is 5.26. The van der Waals surface area contributed by atoms with Crippen molar-refractivity contribution >= 4 is 11.3 Å². The summed E-state index contributed by atoms with van der Waals surface area (Å²) in [6, 6.07) is 10.4. The van der Waals surface area contributed by atoms with Crippen molar-refractivity contribution in [3.8, 4) is 28.8 Å². The van der Waals surface area contributed by atoms with Crippen molar-refractivity contribution < 1.29 is 9.47 Å². The average molecular weight is 351 g/mol. The second-order valence-electron chi connectivity index (χ2n) is 6.02. The molecule has 1 aliphatic rings. The highest BCUT2D eigenvalue weighted by Crippen LogP contribution is 2.34. The summed E-state index contributed by atoms with van der Waals surface area (Å²) >= 11 is 1.54. The maximum Gasteiger partial charge on any atom is 0.231 e. The molecule has 25 heavy (non-hydrogen) atoms. The van der Waals surface area contributed by atoms with Gasteiger partial charge in [-0.1, -0.05) is 6.07 Å². The zero-order valence-electron chi connectivity index (χ0n) is 14.1. The molecule has 0 N–H and O–H groups in total. The van der Waals surface area contributed by atoms with E-state index in [0.717, 1.165) is 34.3 Å². The fourth-order valence-corrected chi connectivity index (χ4v) is 3.84. The van der Waals surface area contributed by atoms with E-state index in [1.807, 2.05) is 17.5 Å². The molecule has 0 spiro atoms. The molecule has 0 atom stereocenters. The van der Waals surface area contributed by atoms with Crippen LogP contribution in [0.3, 0.4) is 0 Å². The van der Waals surface area contributed by atoms with Crippen LogP contribution in [0.2, 0.25) is 0 Å². The van der Waals surface area contributed by atoms with Crippen molar-refractivity contribution in [2.24, 2.45) is 0 Å². The minimum absolute atomic E-state index is 0.291. The van der Waals surface area contributed by atoms with Crippen molar-refractivity contribution in [2.45, 2.75) is 26.8 Å². The number of thiazole rings is 1. The van der Waals surface area contributed by atoms with E-state index < -0.39 is 0 Å². The Kier molecular flexibility index (Phi) is 3.94. The topological polar surface area (TPSA) is 60.1 Å². The highest BCUT2D eigenvalue weighted by molar-refractivity contribution is 7.10. The monoisotopic (exact) mass is 351 g/mol. The van der Waals surface area contributed by atoms with Crippen LogP contribution < -0.4 is 9.47 Å². The van der Waals surface area contributed by atoms with Gasteiger partial charge in [0.1, 0.15) is 5.01 Å². The molecule has 1 aliphatic heterocycles. The lowest BCUT2D eigenvalue weighted by Gasteiger charge is -2.10. The van der Waals surface area contributed by atoms with Gasteiger partial charge in [-0.15, -0.1) is 11.3 Å². The first-order valence-corrected chi connectivity index (χ1v) is 8.90. The third kappa shape index (κ3) is 2.87. The Balaban J connectivity index is 1.64. The Morgan fingerprint density at radius 2 is 2.08 bits per heavy atom. The second kappa shape index (κ2) is 6.26. The normalized spacial score (nSPS) is 12.4. The van der Waals surface area contributed by atoms with Gasteiger partial charge in [-0.3, -0.25) is 0 Å². The first kappa shape index (κ1) is 15.7. The van der Waals surface area contributed by atoms with Gasteiger partial charge >= 0.3 is 0 Å². The summed E-state index contributed by atoms with van der Waals surface area (Å²) in [4.78, 5) is 4.59. The molecule has 0 saturated carbocycles. The molecule has 4 rings (SSSR count). The van der Waals surface area contributed by atoms with Gasteiger partial charge in [0.2, 0.25) is 6.79 Å². The minimum atomic E-state index is 0.291. The molecule has 0 radical (unpaired) electrons. The van der Waals surface area contributed by atoms with Crippen LogP contribution in [0.4, 0.5) is 0 Å². The second-order valence-corrected chi connectivity index (χ2v) is 6.96. The molecule has 126 valence electrons. The van der Waals surface area contributed by atoms with Crippen molar-refractivity contribution in [1.29, 1.82) is 5.26 Å². The molecule has 0 unspecified atom stereocenters. The Morgan fingerprint density at radius 1 is 1.24 bits per heavy atom. The molecular formula is C19H17N3O2S. The van der Waals surface area contributed by atoms with Crippen LogP contribution in [0.25, 0.3) is 11.3 Å². The molecule has 0 fully saturated rings. The van der Waals surface area contributed by atoms with Crippen LogP contribution in [0, 0.1) is 25.2 Å². The summed E-state index contributed by atoms with van der Waals surface area (Å²) in [6.45, 7) is 5.27. The minimum Gasteiger partial charge on any atom is -0.454 e. The highest BCUT2D eigenvalue weighted by Gasteiger charge is 2.16. The lowest BCUT2D eigenvalue weighted by molar-refractivity contribution is 0.174. The Hall–Kier alpha value is -2.78. The van der Waals surface area contributed by atoms with Crippen molar-refractivity contribution in [3.63, 3.8) is 0 Å². The maximum atomic E-state index is 8.83. The summed E-state index contributed by atoms with van der Waals surface area (Å²) in [5.74, 6) is 1.61. The fraction of sp³-hybridized carbons (Fsp3) is 0.263. The van der Waals surface area contributed by atoms with Crippen LogP contribution in [0.5, 0.6) is 11.5 Å². The molecule has 1 aromatic carbocycles. The van der Waals surface area contributed by atoms with Crippen LogP contribution in [0.1, 0.15) is 22.0 Å². The number of nitriles is 1. The van der Waals surface area contributed by atoms with E-state index in [-0.39, 0.29) is 0 Å². The molecule has 2 aromatic heterocycles. The number of hydrogen-bond donors (Lipinski definition) is 0. The number of rotatable bonds is 4. The van der Waals surface area contributed by atoms with Gasteiger partial charge in [0.15, 0.2) is 11.5 Å². The molecule has 3 aromatic rings. The molecule has 5 nitrogen and oxygen atoms in total. The van der Waals surface area contributed by atoms with Crippen LogP contribution in [-0.2, 0) is 13.0 Å². The lowest BCUT2D eigenvalue weighted by Crippen LogP contribution is -2.04. The predicted octanol–water partition coefficient (Wildman–Crippen LogP) is 4.07. The molecule has 0 saturated heterocycles. The van der Waals surface area contributed by atoms with Crippen molar-refractivity contribution in [3.05, 3.63) is 51.6 Å². The SMILES string of the molecule is Cc1cc(-c2csc(CC#N)n2)c(C)n1Cc1ccc2c(c1)OCO2. The van der Waals surface area contributed by atoms with Crippen LogP contribution in [-0.4, -0.2) is 16.3 Å². The van der Waals surface area contributed by atoms with Gasteiger partial charge in [-0.05, 0) is 37.6 Å². The van der Waals surface area contributed by atoms with Gasteiger partial charge < -0.3 is 14.0 Å². The number of aromatic nitrogens is 2. The summed E-state index contributed by atoms with van der Waals surface area (Å²) in [5, 5.41) is 11.7. The van der Waals surface area contributed by atoms with E-state index in [4.69, 9.17) is 14.7 Å². The predicted molar refractivity (Wildman–Crippen MR) is 96.0 cm³/mol. The van der Waals surface area contributed by atoms with E-state index >= 15 is 0 Å². The van der Waals surface area contributed by atoms with Gasteiger partial charge in [0.05, 0.1) is 18.2 Å². The summed E-state index contributed by atoms with van der Waals surface area (Å²) < 4.78 is 13.1. The maximum absolute atomic E-state index is 8.83. The quantitative estimate of drug-likeness (QED) is 0.711. The van der Waals surface area contributed by atoms with E-state index in [2.05, 4.69) is 41.6 Å². The van der Waals surface area contributed by atoms with Gasteiger partial charge in [-0.2, -0.15) is 5.26 Å². The number of ether oxygens (including phenoxy) is 2. The third-order valence-electron chi connectivity index (χ3n) is 4.41. The number of fused-ring (bicyclic) bond motifs is 1. The van der Waals surface area contributed by atoms with Gasteiger partial charge in [0, 0.05) is 28.9 Å². The van der Waals surface area contributed by atoms with Crippen LogP contribution in [0.15, 0.2) is 29.6 Å². The van der Waals surface area contributed by atoms with E-state index in [1.54, 1.807) is 0 Å². The standard InChI is InChI=1S/C19H17N3O2S/c1-12-7-15(16-10-25-19(21-16)5-6-20)13(2)22(12)9-14-3-4-17-18(8-14)24-11-23-17/h3-4,7-8,10H,5,9,11H2,1-2H3. The van der Waals surface area contributed by atoms with Crippen molar-refractivity contribution in [1.82, 2.24) is 9.55 Å². The summed E-state index contributed by atoms with van der Waals surface area (Å²) in [5.41, 5.74) is 5.59. The highest BCUT2D eigenvalue weighted by atomic mass is 32.1. The summed E-state index contributed by atoms with van der Waals surface area (Å²) in [6.07, 6.45) is 0.362. The molecule has 3 heterocycles.